The van der Waals surface area contributed by atoms with Gasteiger partial charge < -0.3 is 14.4 Å². The molecule has 6 nitrogen and oxygen atoms in total. The number of Topliss-reactive ketones (excluding diaryl/α,β-unsaturated/α-hetero) is 1. The van der Waals surface area contributed by atoms with Crippen LogP contribution in [0.3, 0.4) is 0 Å². The molecule has 2 heterocycles. The van der Waals surface area contributed by atoms with E-state index in [1.54, 1.807) is 19.1 Å². The molecule has 0 radical (unpaired) electrons. The van der Waals surface area contributed by atoms with E-state index in [2.05, 4.69) is 11.5 Å². The Morgan fingerprint density at radius 1 is 1.24 bits per heavy atom. The molecule has 0 saturated carbocycles. The van der Waals surface area contributed by atoms with Gasteiger partial charge in [0.1, 0.15) is 11.5 Å². The molecule has 3 rings (SSSR count). The minimum atomic E-state index is -0.523. The topological polar surface area (TPSA) is 59.1 Å². The van der Waals surface area contributed by atoms with Crippen LogP contribution in [0.5, 0.6) is 5.75 Å². The van der Waals surface area contributed by atoms with Gasteiger partial charge in [0.05, 0.1) is 13.2 Å². The summed E-state index contributed by atoms with van der Waals surface area (Å²) in [5.41, 5.74) is 0.792. The molecule has 1 amide bonds. The molecule has 0 aromatic heterocycles. The van der Waals surface area contributed by atoms with E-state index in [1.807, 2.05) is 30.3 Å². The Bertz CT molecular complexity index is 658. The van der Waals surface area contributed by atoms with Crippen molar-refractivity contribution in [2.24, 2.45) is 0 Å². The van der Waals surface area contributed by atoms with Crippen LogP contribution in [0.25, 0.3) is 0 Å². The third-order valence-corrected chi connectivity index (χ3v) is 5.04. The number of hydrogen-bond donors (Lipinski definition) is 0. The molecule has 0 N–H and O–H groups in total. The van der Waals surface area contributed by atoms with Crippen molar-refractivity contribution in [1.82, 2.24) is 4.90 Å². The summed E-state index contributed by atoms with van der Waals surface area (Å²) in [5.74, 6) is 0.890. The molecule has 0 spiro atoms. The first-order chi connectivity index (χ1) is 12.1. The van der Waals surface area contributed by atoms with E-state index < -0.39 is 6.10 Å². The highest BCUT2D eigenvalue weighted by Crippen LogP contribution is 2.36. The lowest BCUT2D eigenvalue weighted by atomic mass is 9.83. The number of nitrogens with zero attached hydrogens (tertiary/aromatic N) is 2. The third-order valence-electron chi connectivity index (χ3n) is 5.04. The third kappa shape index (κ3) is 3.19. The molecule has 2 aliphatic rings. The van der Waals surface area contributed by atoms with Crippen molar-refractivity contribution in [3.63, 3.8) is 0 Å². The summed E-state index contributed by atoms with van der Waals surface area (Å²) in [6.45, 7) is 5.19. The molecule has 2 saturated heterocycles. The van der Waals surface area contributed by atoms with Gasteiger partial charge >= 0.3 is 0 Å². The first kappa shape index (κ1) is 17.6. The van der Waals surface area contributed by atoms with Crippen molar-refractivity contribution in [2.45, 2.75) is 31.0 Å². The zero-order chi connectivity index (χ0) is 18.0. The predicted octanol–water partition coefficient (Wildman–Crippen LogP) is 1.64. The predicted molar refractivity (Wildman–Crippen MR) is 94.9 cm³/mol. The summed E-state index contributed by atoms with van der Waals surface area (Å²) in [6.07, 6.45) is 2.29. The number of hydrogen-bond acceptors (Lipinski definition) is 5. The lowest BCUT2D eigenvalue weighted by Crippen LogP contribution is -2.73. The quantitative estimate of drug-likeness (QED) is 0.580. The Morgan fingerprint density at radius 3 is 2.56 bits per heavy atom. The lowest BCUT2D eigenvalue weighted by molar-refractivity contribution is -0.144. The maximum Gasteiger partial charge on any atom is 0.258 e. The van der Waals surface area contributed by atoms with Crippen molar-refractivity contribution in [3.05, 3.63) is 36.9 Å². The largest absolute Gasteiger partial charge is 0.497 e. The molecule has 3 atom stereocenters. The van der Waals surface area contributed by atoms with Crippen molar-refractivity contribution in [3.8, 4) is 5.75 Å². The van der Waals surface area contributed by atoms with Crippen LogP contribution in [0.15, 0.2) is 36.9 Å². The molecule has 2 aliphatic heterocycles. The van der Waals surface area contributed by atoms with Crippen LogP contribution in [-0.2, 0) is 14.3 Å². The van der Waals surface area contributed by atoms with E-state index in [4.69, 9.17) is 9.47 Å². The van der Waals surface area contributed by atoms with Gasteiger partial charge in [-0.3, -0.25) is 14.5 Å². The number of amides is 1. The molecule has 0 unspecified atom stereocenters. The van der Waals surface area contributed by atoms with Gasteiger partial charge in [0.25, 0.3) is 5.91 Å². The van der Waals surface area contributed by atoms with Crippen LogP contribution in [-0.4, -0.2) is 62.1 Å². The summed E-state index contributed by atoms with van der Waals surface area (Å²) < 4.78 is 10.6. The van der Waals surface area contributed by atoms with Crippen molar-refractivity contribution >= 4 is 17.4 Å². The number of anilines is 1. The number of ether oxygens (including phenoxy) is 2. The second kappa shape index (κ2) is 7.37. The van der Waals surface area contributed by atoms with E-state index in [-0.39, 0.29) is 23.8 Å². The molecular formula is C19H24N2O4. The number of β-lactam (4-membered cyclic amide) rings is 1. The molecule has 1 aromatic rings. The van der Waals surface area contributed by atoms with Crippen molar-refractivity contribution < 1.29 is 19.1 Å². The molecule has 2 fully saturated rings. The van der Waals surface area contributed by atoms with Crippen molar-refractivity contribution in [2.75, 3.05) is 32.2 Å². The maximum absolute atomic E-state index is 12.6. The minimum Gasteiger partial charge on any atom is -0.497 e. The SMILES string of the molecule is C=CCN1CCC(=O)C[C@@H]1[C@H]1[C@@H](OC)C(=O)N1c1ccc(OC)cc1. The number of rotatable bonds is 6. The number of piperidine rings is 1. The smallest absolute Gasteiger partial charge is 0.258 e. The van der Waals surface area contributed by atoms with E-state index in [0.717, 1.165) is 11.4 Å². The van der Waals surface area contributed by atoms with E-state index in [1.165, 1.54) is 0 Å². The van der Waals surface area contributed by atoms with E-state index in [0.29, 0.717) is 25.9 Å². The zero-order valence-corrected chi connectivity index (χ0v) is 14.7. The van der Waals surface area contributed by atoms with Gasteiger partial charge in [-0.05, 0) is 24.3 Å². The molecule has 1 aromatic carbocycles. The zero-order valence-electron chi connectivity index (χ0n) is 14.7. The van der Waals surface area contributed by atoms with Gasteiger partial charge in [-0.25, -0.2) is 0 Å². The molecule has 6 heteroatoms. The Balaban J connectivity index is 1.90. The molecule has 0 aliphatic carbocycles. The van der Waals surface area contributed by atoms with Crippen LogP contribution in [0.1, 0.15) is 12.8 Å². The Morgan fingerprint density at radius 2 is 1.96 bits per heavy atom. The summed E-state index contributed by atoms with van der Waals surface area (Å²) >= 11 is 0. The second-order valence-electron chi connectivity index (χ2n) is 6.40. The summed E-state index contributed by atoms with van der Waals surface area (Å²) in [4.78, 5) is 28.6. The van der Waals surface area contributed by atoms with Gasteiger partial charge in [0.15, 0.2) is 6.10 Å². The summed E-state index contributed by atoms with van der Waals surface area (Å²) in [5, 5.41) is 0. The maximum atomic E-state index is 12.6. The number of methoxy groups -OCH3 is 2. The standard InChI is InChI=1S/C19H24N2O4/c1-4-10-20-11-9-14(22)12-16(20)17-18(25-3)19(23)21(17)13-5-7-15(24-2)8-6-13/h4-8,16-18H,1,9-12H2,2-3H3/t16-,17+,18-/m1/s1. The number of likely N-dealkylation sites (tertiary alicyclic amines) is 1. The average molecular weight is 344 g/mol. The van der Waals surface area contributed by atoms with Crippen LogP contribution < -0.4 is 9.64 Å². The van der Waals surface area contributed by atoms with Gasteiger partial charge in [-0.1, -0.05) is 6.08 Å². The molecule has 0 bridgehead atoms. The molecular weight excluding hydrogens is 320 g/mol. The summed E-state index contributed by atoms with van der Waals surface area (Å²) in [6, 6.07) is 7.12. The average Bonchev–Trinajstić information content (AvgIpc) is 2.62. The van der Waals surface area contributed by atoms with Crippen LogP contribution in [0.4, 0.5) is 5.69 Å². The van der Waals surface area contributed by atoms with E-state index >= 15 is 0 Å². The highest BCUT2D eigenvalue weighted by atomic mass is 16.5. The lowest BCUT2D eigenvalue weighted by Gasteiger charge is -2.53. The highest BCUT2D eigenvalue weighted by molar-refractivity contribution is 6.05. The highest BCUT2D eigenvalue weighted by Gasteiger charge is 2.54. The second-order valence-corrected chi connectivity index (χ2v) is 6.40. The van der Waals surface area contributed by atoms with Crippen LogP contribution in [0.2, 0.25) is 0 Å². The van der Waals surface area contributed by atoms with Gasteiger partial charge in [0, 0.05) is 44.8 Å². The fourth-order valence-electron chi connectivity index (χ4n) is 3.77. The first-order valence-corrected chi connectivity index (χ1v) is 8.47. The van der Waals surface area contributed by atoms with E-state index in [9.17, 15) is 9.59 Å². The fraction of sp³-hybridized carbons (Fsp3) is 0.474. The van der Waals surface area contributed by atoms with Crippen LogP contribution in [0, 0.1) is 0 Å². The normalized spacial score (nSPS) is 27.1. The first-order valence-electron chi connectivity index (χ1n) is 8.47. The monoisotopic (exact) mass is 344 g/mol. The Hall–Kier alpha value is -2.18. The number of carbonyl (C=O) groups excluding carboxylic acids is 2. The van der Waals surface area contributed by atoms with Gasteiger partial charge in [-0.15, -0.1) is 6.58 Å². The van der Waals surface area contributed by atoms with Crippen LogP contribution >= 0.6 is 0 Å². The number of carbonyl (C=O) groups is 2. The Labute approximate surface area is 148 Å². The fourth-order valence-corrected chi connectivity index (χ4v) is 3.77. The number of benzene rings is 1. The molecule has 134 valence electrons. The summed E-state index contributed by atoms with van der Waals surface area (Å²) in [7, 11) is 3.15. The van der Waals surface area contributed by atoms with Gasteiger partial charge in [-0.2, -0.15) is 0 Å². The molecule has 25 heavy (non-hydrogen) atoms. The number of ketones is 1. The Kier molecular flexibility index (Phi) is 5.20. The van der Waals surface area contributed by atoms with Crippen molar-refractivity contribution in [1.29, 1.82) is 0 Å². The van der Waals surface area contributed by atoms with Gasteiger partial charge in [0.2, 0.25) is 0 Å². The minimum absolute atomic E-state index is 0.0657.